The van der Waals surface area contributed by atoms with Gasteiger partial charge in [0.1, 0.15) is 0 Å². The molecule has 148 valence electrons. The lowest BCUT2D eigenvalue weighted by molar-refractivity contribution is -0.121. The summed E-state index contributed by atoms with van der Waals surface area (Å²) in [5.74, 6) is 0.403. The number of halogens is 1. The maximum atomic E-state index is 12.8. The van der Waals surface area contributed by atoms with Crippen LogP contribution in [0.4, 0.5) is 0 Å². The van der Waals surface area contributed by atoms with Crippen LogP contribution >= 0.6 is 12.4 Å². The van der Waals surface area contributed by atoms with E-state index in [0.29, 0.717) is 37.7 Å². The molecule has 0 radical (unpaired) electrons. The summed E-state index contributed by atoms with van der Waals surface area (Å²) in [6.45, 7) is 6.55. The minimum Gasteiger partial charge on any atom is -0.354 e. The van der Waals surface area contributed by atoms with E-state index >= 15 is 0 Å². The highest BCUT2D eigenvalue weighted by molar-refractivity contribution is 5.92. The molecule has 0 aliphatic carbocycles. The molecule has 1 atom stereocenters. The van der Waals surface area contributed by atoms with Crippen LogP contribution in [0.3, 0.4) is 0 Å². The van der Waals surface area contributed by atoms with Gasteiger partial charge in [-0.2, -0.15) is 0 Å². The predicted molar refractivity (Wildman–Crippen MR) is 102 cm³/mol. The average Bonchev–Trinajstić information content (AvgIpc) is 3.07. The monoisotopic (exact) mass is 386 g/mol. The summed E-state index contributed by atoms with van der Waals surface area (Å²) in [6.07, 6.45) is 5.95. The first-order valence-corrected chi connectivity index (χ1v) is 9.19. The Morgan fingerprint density at radius 3 is 2.85 bits per heavy atom. The minimum atomic E-state index is -0.103. The molecule has 1 aromatic rings. The van der Waals surface area contributed by atoms with Gasteiger partial charge in [-0.05, 0) is 31.6 Å². The van der Waals surface area contributed by atoms with Crippen LogP contribution < -0.4 is 11.1 Å². The number of aryl methyl sites for hydroxylation is 1. The molecular formula is C17H31ClN6O2. The van der Waals surface area contributed by atoms with Gasteiger partial charge >= 0.3 is 0 Å². The summed E-state index contributed by atoms with van der Waals surface area (Å²) in [5, 5.41) is 11.0. The fraction of sp³-hybridized carbons (Fsp3) is 0.765. The summed E-state index contributed by atoms with van der Waals surface area (Å²) in [6, 6.07) is 0.00351. The van der Waals surface area contributed by atoms with Crippen molar-refractivity contribution in [1.29, 1.82) is 0 Å². The Bertz CT molecular complexity index is 577. The van der Waals surface area contributed by atoms with E-state index in [2.05, 4.69) is 29.5 Å². The molecule has 0 bridgehead atoms. The third-order valence-electron chi connectivity index (χ3n) is 4.49. The number of rotatable bonds is 8. The largest absolute Gasteiger partial charge is 0.354 e. The number of hydrogen-bond acceptors (Lipinski definition) is 5. The molecular weight excluding hydrogens is 356 g/mol. The van der Waals surface area contributed by atoms with Crippen molar-refractivity contribution in [2.24, 2.45) is 11.7 Å². The van der Waals surface area contributed by atoms with Gasteiger partial charge in [0.15, 0.2) is 5.69 Å². The van der Waals surface area contributed by atoms with Crippen LogP contribution in [0.25, 0.3) is 0 Å². The van der Waals surface area contributed by atoms with Crippen LogP contribution in [-0.4, -0.2) is 57.4 Å². The molecule has 1 unspecified atom stereocenters. The van der Waals surface area contributed by atoms with Crippen molar-refractivity contribution in [3.63, 3.8) is 0 Å². The number of nitrogens with one attached hydrogen (secondary N) is 1. The highest BCUT2D eigenvalue weighted by Crippen LogP contribution is 2.19. The lowest BCUT2D eigenvalue weighted by Gasteiger charge is -2.35. The van der Waals surface area contributed by atoms with Gasteiger partial charge in [-0.3, -0.25) is 14.3 Å². The fourth-order valence-electron chi connectivity index (χ4n) is 2.97. The summed E-state index contributed by atoms with van der Waals surface area (Å²) < 4.78 is 1.73. The van der Waals surface area contributed by atoms with Gasteiger partial charge in [-0.25, -0.2) is 0 Å². The minimum absolute atomic E-state index is 0. The second kappa shape index (κ2) is 11.1. The van der Waals surface area contributed by atoms with E-state index in [9.17, 15) is 9.59 Å². The van der Waals surface area contributed by atoms with Gasteiger partial charge in [-0.15, -0.1) is 17.5 Å². The van der Waals surface area contributed by atoms with E-state index in [4.69, 9.17) is 5.73 Å². The van der Waals surface area contributed by atoms with Gasteiger partial charge in [0.25, 0.3) is 5.91 Å². The quantitative estimate of drug-likeness (QED) is 0.698. The number of hydrogen-bond donors (Lipinski definition) is 2. The zero-order valence-electron chi connectivity index (χ0n) is 15.7. The SMILES string of the molecule is CC(C)CCn1cc(C(=O)N2CCCCC2CNC(=O)CCN)nn1.Cl. The van der Waals surface area contributed by atoms with Crippen LogP contribution in [0.1, 0.15) is 56.4 Å². The lowest BCUT2D eigenvalue weighted by atomic mass is 10.0. The molecule has 1 aliphatic heterocycles. The number of piperidine rings is 1. The Morgan fingerprint density at radius 1 is 1.38 bits per heavy atom. The first kappa shape index (κ1) is 22.4. The number of aromatic nitrogens is 3. The predicted octanol–water partition coefficient (Wildman–Crippen LogP) is 1.21. The van der Waals surface area contributed by atoms with E-state index in [0.717, 1.165) is 32.2 Å². The van der Waals surface area contributed by atoms with E-state index in [1.165, 1.54) is 0 Å². The zero-order valence-corrected chi connectivity index (χ0v) is 16.5. The Balaban J connectivity index is 0.00000338. The van der Waals surface area contributed by atoms with Crippen molar-refractivity contribution in [1.82, 2.24) is 25.2 Å². The maximum absolute atomic E-state index is 12.8. The molecule has 0 spiro atoms. The second-order valence-corrected chi connectivity index (χ2v) is 7.04. The molecule has 9 heteroatoms. The van der Waals surface area contributed by atoms with Crippen molar-refractivity contribution < 1.29 is 9.59 Å². The van der Waals surface area contributed by atoms with Gasteiger partial charge in [0.05, 0.1) is 6.20 Å². The van der Waals surface area contributed by atoms with Crippen molar-refractivity contribution in [2.75, 3.05) is 19.6 Å². The summed E-state index contributed by atoms with van der Waals surface area (Å²) in [7, 11) is 0. The third-order valence-corrected chi connectivity index (χ3v) is 4.49. The van der Waals surface area contributed by atoms with Crippen molar-refractivity contribution in [2.45, 2.75) is 58.5 Å². The van der Waals surface area contributed by atoms with E-state index in [1.54, 1.807) is 10.9 Å². The highest BCUT2D eigenvalue weighted by atomic mass is 35.5. The first-order valence-electron chi connectivity index (χ1n) is 9.19. The number of carbonyl (C=O) groups excluding carboxylic acids is 2. The van der Waals surface area contributed by atoms with Gasteiger partial charge in [-0.1, -0.05) is 19.1 Å². The van der Waals surface area contributed by atoms with E-state index in [1.807, 2.05) is 4.90 Å². The number of nitrogens with zero attached hydrogens (tertiary/aromatic N) is 4. The van der Waals surface area contributed by atoms with Crippen LogP contribution in [0.5, 0.6) is 0 Å². The molecule has 3 N–H and O–H groups in total. The first-order chi connectivity index (χ1) is 12.0. The summed E-state index contributed by atoms with van der Waals surface area (Å²) >= 11 is 0. The molecule has 1 aromatic heterocycles. The Hall–Kier alpha value is -1.67. The Kier molecular flexibility index (Phi) is 9.58. The molecule has 0 aromatic carbocycles. The topological polar surface area (TPSA) is 106 Å². The van der Waals surface area contributed by atoms with Crippen LogP contribution in [-0.2, 0) is 11.3 Å². The van der Waals surface area contributed by atoms with Crippen LogP contribution in [0, 0.1) is 5.92 Å². The van der Waals surface area contributed by atoms with Gasteiger partial charge < -0.3 is 16.0 Å². The summed E-state index contributed by atoms with van der Waals surface area (Å²) in [4.78, 5) is 26.3. The molecule has 0 saturated carbocycles. The number of carbonyl (C=O) groups is 2. The smallest absolute Gasteiger partial charge is 0.276 e. The standard InChI is InChI=1S/C17H30N6O2.ClH/c1-13(2)7-10-22-12-15(20-21-22)17(25)23-9-4-3-5-14(23)11-19-16(24)6-8-18;/h12-14H,3-11,18H2,1-2H3,(H,19,24);1H. The normalized spacial score (nSPS) is 17.1. The van der Waals surface area contributed by atoms with Crippen LogP contribution in [0.15, 0.2) is 6.20 Å². The highest BCUT2D eigenvalue weighted by Gasteiger charge is 2.29. The average molecular weight is 387 g/mol. The fourth-order valence-corrected chi connectivity index (χ4v) is 2.97. The van der Waals surface area contributed by atoms with Crippen molar-refractivity contribution >= 4 is 24.2 Å². The molecule has 1 fully saturated rings. The second-order valence-electron chi connectivity index (χ2n) is 7.04. The Morgan fingerprint density at radius 2 is 2.15 bits per heavy atom. The lowest BCUT2D eigenvalue weighted by Crippen LogP contribution is -2.49. The molecule has 1 aliphatic rings. The molecule has 26 heavy (non-hydrogen) atoms. The van der Waals surface area contributed by atoms with E-state index in [-0.39, 0.29) is 30.3 Å². The number of nitrogens with two attached hydrogens (primary N) is 1. The summed E-state index contributed by atoms with van der Waals surface area (Å²) in [5.41, 5.74) is 5.77. The Labute approximate surface area is 161 Å². The molecule has 8 nitrogen and oxygen atoms in total. The maximum Gasteiger partial charge on any atom is 0.276 e. The van der Waals surface area contributed by atoms with Crippen LogP contribution in [0.2, 0.25) is 0 Å². The number of amides is 2. The molecule has 2 heterocycles. The van der Waals surface area contributed by atoms with E-state index < -0.39 is 0 Å². The molecule has 2 rings (SSSR count). The van der Waals surface area contributed by atoms with Gasteiger partial charge in [0, 0.05) is 38.6 Å². The number of likely N-dealkylation sites (tertiary alicyclic amines) is 1. The molecule has 2 amide bonds. The third kappa shape index (κ3) is 6.57. The zero-order chi connectivity index (χ0) is 18.2. The van der Waals surface area contributed by atoms with Crippen molar-refractivity contribution in [3.05, 3.63) is 11.9 Å². The van der Waals surface area contributed by atoms with Gasteiger partial charge in [0.2, 0.25) is 5.91 Å². The van der Waals surface area contributed by atoms with Crippen molar-refractivity contribution in [3.8, 4) is 0 Å². The molecule has 1 saturated heterocycles.